The van der Waals surface area contributed by atoms with Crippen LogP contribution >= 0.6 is 0 Å². The van der Waals surface area contributed by atoms with Gasteiger partial charge in [-0.1, -0.05) is 0 Å². The number of carboxylic acid groups (broad SMARTS) is 1. The Morgan fingerprint density at radius 3 is 2.87 bits per heavy atom. The lowest BCUT2D eigenvalue weighted by Crippen LogP contribution is -1.97. The molecule has 0 aliphatic rings. The van der Waals surface area contributed by atoms with Crippen LogP contribution in [0.25, 0.3) is 5.69 Å². The van der Waals surface area contributed by atoms with E-state index in [-0.39, 0.29) is 5.69 Å². The second-order valence-corrected chi connectivity index (χ2v) is 2.91. The molecule has 0 spiro atoms. The van der Waals surface area contributed by atoms with E-state index in [1.807, 2.05) is 0 Å². The van der Waals surface area contributed by atoms with Gasteiger partial charge in [0.1, 0.15) is 12.1 Å². The summed E-state index contributed by atoms with van der Waals surface area (Å²) in [5.41, 5.74) is 6.22. The number of nitrogens with zero attached hydrogens (tertiary/aromatic N) is 3. The molecule has 0 fully saturated rings. The van der Waals surface area contributed by atoms with Gasteiger partial charge in [0.25, 0.3) is 0 Å². The summed E-state index contributed by atoms with van der Waals surface area (Å²) in [6, 6.07) is 3.34. The van der Waals surface area contributed by atoms with Crippen molar-refractivity contribution in [2.75, 3.05) is 5.73 Å². The topological polar surface area (TPSA) is 94.0 Å². The maximum absolute atomic E-state index is 10.6. The normalized spacial score (nSPS) is 10.1. The van der Waals surface area contributed by atoms with Crippen LogP contribution in [-0.4, -0.2) is 25.6 Å². The Kier molecular flexibility index (Phi) is 2.09. The van der Waals surface area contributed by atoms with E-state index < -0.39 is 5.97 Å². The Morgan fingerprint density at radius 2 is 2.27 bits per heavy atom. The number of nitrogens with two attached hydrogens (primary N) is 1. The molecule has 2 aromatic heterocycles. The number of nitrogen functional groups attached to an aromatic ring is 1. The predicted molar refractivity (Wildman–Crippen MR) is 52.7 cm³/mol. The lowest BCUT2D eigenvalue weighted by Gasteiger charge is -2.00. The molecule has 3 N–H and O–H groups in total. The summed E-state index contributed by atoms with van der Waals surface area (Å²) in [7, 11) is 0. The Morgan fingerprint density at radius 1 is 1.47 bits per heavy atom. The highest BCUT2D eigenvalue weighted by Gasteiger charge is 2.07. The number of carbonyl (C=O) groups is 1. The molecule has 0 saturated carbocycles. The fourth-order valence-corrected chi connectivity index (χ4v) is 1.17. The highest BCUT2D eigenvalue weighted by Crippen LogP contribution is 2.10. The number of carboxylic acids is 1. The van der Waals surface area contributed by atoms with Crippen LogP contribution in [0.1, 0.15) is 10.5 Å². The van der Waals surface area contributed by atoms with E-state index >= 15 is 0 Å². The van der Waals surface area contributed by atoms with Crippen LogP contribution in [0.5, 0.6) is 0 Å². The largest absolute Gasteiger partial charge is 0.476 e. The molecule has 2 aromatic rings. The monoisotopic (exact) mass is 204 g/mol. The highest BCUT2D eigenvalue weighted by molar-refractivity contribution is 5.85. The molecule has 0 aliphatic heterocycles. The first kappa shape index (κ1) is 9.20. The molecule has 2 heterocycles. The molecule has 6 heteroatoms. The summed E-state index contributed by atoms with van der Waals surface area (Å²) in [5.74, 6) is -0.686. The first-order chi connectivity index (χ1) is 7.16. The number of rotatable bonds is 2. The van der Waals surface area contributed by atoms with Gasteiger partial charge in [0.05, 0.1) is 5.69 Å². The molecule has 2 rings (SSSR count). The van der Waals surface area contributed by atoms with Crippen molar-refractivity contribution in [3.63, 3.8) is 0 Å². The van der Waals surface area contributed by atoms with E-state index in [2.05, 4.69) is 9.97 Å². The third-order valence-corrected chi connectivity index (χ3v) is 1.86. The number of anilines is 1. The average molecular weight is 204 g/mol. The van der Waals surface area contributed by atoms with E-state index in [0.717, 1.165) is 5.69 Å². The summed E-state index contributed by atoms with van der Waals surface area (Å²) in [5, 5.41) is 8.69. The van der Waals surface area contributed by atoms with Crippen molar-refractivity contribution < 1.29 is 9.90 Å². The predicted octanol–water partition coefficient (Wildman–Crippen LogP) is 0.548. The lowest BCUT2D eigenvalue weighted by atomic mass is 10.4. The summed E-state index contributed by atoms with van der Waals surface area (Å²) >= 11 is 0. The molecule has 0 atom stereocenters. The quantitative estimate of drug-likeness (QED) is 0.744. The molecular weight excluding hydrogens is 196 g/mol. The van der Waals surface area contributed by atoms with Crippen LogP contribution < -0.4 is 5.73 Å². The molecule has 0 aromatic carbocycles. The second kappa shape index (κ2) is 3.41. The zero-order valence-electron chi connectivity index (χ0n) is 7.66. The van der Waals surface area contributed by atoms with Crippen molar-refractivity contribution in [1.82, 2.24) is 14.5 Å². The van der Waals surface area contributed by atoms with Gasteiger partial charge in [-0.15, -0.1) is 0 Å². The molecule has 0 saturated heterocycles. The number of imidazole rings is 1. The van der Waals surface area contributed by atoms with E-state index in [4.69, 9.17) is 10.8 Å². The lowest BCUT2D eigenvalue weighted by molar-refractivity contribution is 0.0691. The van der Waals surface area contributed by atoms with Crippen molar-refractivity contribution in [2.24, 2.45) is 0 Å². The van der Waals surface area contributed by atoms with Gasteiger partial charge in [-0.05, 0) is 6.07 Å². The smallest absolute Gasteiger partial charge is 0.356 e. The second-order valence-electron chi connectivity index (χ2n) is 2.91. The standard InChI is InChI=1S/C9H8N4O2/c10-8-3-6(1-2-11-8)13-4-7(9(14)15)12-5-13/h1-5H,(H2,10,11)(H,14,15). The number of aromatic carboxylic acids is 1. The van der Waals surface area contributed by atoms with E-state index in [1.54, 1.807) is 22.9 Å². The number of pyridine rings is 1. The van der Waals surface area contributed by atoms with Gasteiger partial charge in [0, 0.05) is 18.5 Å². The van der Waals surface area contributed by atoms with Crippen molar-refractivity contribution >= 4 is 11.8 Å². The minimum absolute atomic E-state index is 0.00890. The Bertz CT molecular complexity index is 506. The maximum atomic E-state index is 10.6. The third kappa shape index (κ3) is 1.78. The summed E-state index contributed by atoms with van der Waals surface area (Å²) < 4.78 is 1.57. The van der Waals surface area contributed by atoms with Crippen LogP contribution in [0.2, 0.25) is 0 Å². The Labute approximate surface area is 85.0 Å². The molecular formula is C9H8N4O2. The molecule has 0 radical (unpaired) electrons. The summed E-state index contributed by atoms with van der Waals surface area (Å²) in [6.45, 7) is 0. The van der Waals surface area contributed by atoms with Crippen LogP contribution in [0.15, 0.2) is 30.9 Å². The Hall–Kier alpha value is -2.37. The van der Waals surface area contributed by atoms with Gasteiger partial charge >= 0.3 is 5.97 Å². The van der Waals surface area contributed by atoms with Crippen LogP contribution in [0.3, 0.4) is 0 Å². The van der Waals surface area contributed by atoms with E-state index in [1.165, 1.54) is 12.5 Å². The first-order valence-corrected chi connectivity index (χ1v) is 4.16. The van der Waals surface area contributed by atoms with Gasteiger partial charge in [0.15, 0.2) is 5.69 Å². The van der Waals surface area contributed by atoms with Gasteiger partial charge < -0.3 is 15.4 Å². The molecule has 0 amide bonds. The number of aromatic nitrogens is 3. The minimum Gasteiger partial charge on any atom is -0.476 e. The summed E-state index contributed by atoms with van der Waals surface area (Å²) in [4.78, 5) is 18.2. The fraction of sp³-hybridized carbons (Fsp3) is 0. The van der Waals surface area contributed by atoms with Crippen LogP contribution in [0.4, 0.5) is 5.82 Å². The van der Waals surface area contributed by atoms with E-state index in [0.29, 0.717) is 5.82 Å². The molecule has 6 nitrogen and oxygen atoms in total. The van der Waals surface area contributed by atoms with Gasteiger partial charge in [-0.3, -0.25) is 0 Å². The van der Waals surface area contributed by atoms with Crippen molar-refractivity contribution in [3.05, 3.63) is 36.5 Å². The Balaban J connectivity index is 2.41. The number of hydrogen-bond acceptors (Lipinski definition) is 4. The van der Waals surface area contributed by atoms with Crippen molar-refractivity contribution in [3.8, 4) is 5.69 Å². The number of hydrogen-bond donors (Lipinski definition) is 2. The SMILES string of the molecule is Nc1cc(-n2cnc(C(=O)O)c2)ccn1. The maximum Gasteiger partial charge on any atom is 0.356 e. The molecule has 0 bridgehead atoms. The molecule has 15 heavy (non-hydrogen) atoms. The zero-order chi connectivity index (χ0) is 10.8. The minimum atomic E-state index is -1.06. The molecule has 0 aliphatic carbocycles. The molecule has 0 unspecified atom stereocenters. The van der Waals surface area contributed by atoms with Crippen molar-refractivity contribution in [1.29, 1.82) is 0 Å². The average Bonchev–Trinajstić information content (AvgIpc) is 2.66. The first-order valence-electron chi connectivity index (χ1n) is 4.16. The van der Waals surface area contributed by atoms with Gasteiger partial charge in [-0.2, -0.15) is 0 Å². The highest BCUT2D eigenvalue weighted by atomic mass is 16.4. The van der Waals surface area contributed by atoms with Crippen LogP contribution in [-0.2, 0) is 0 Å². The van der Waals surface area contributed by atoms with Gasteiger partial charge in [-0.25, -0.2) is 14.8 Å². The van der Waals surface area contributed by atoms with Crippen LogP contribution in [0, 0.1) is 0 Å². The third-order valence-electron chi connectivity index (χ3n) is 1.86. The summed E-state index contributed by atoms with van der Waals surface area (Å²) in [6.07, 6.45) is 4.38. The fourth-order valence-electron chi connectivity index (χ4n) is 1.17. The van der Waals surface area contributed by atoms with Crippen molar-refractivity contribution in [2.45, 2.75) is 0 Å². The zero-order valence-corrected chi connectivity index (χ0v) is 7.66. The molecule has 76 valence electrons. The van der Waals surface area contributed by atoms with E-state index in [9.17, 15) is 4.79 Å². The van der Waals surface area contributed by atoms with Gasteiger partial charge in [0.2, 0.25) is 0 Å².